The summed E-state index contributed by atoms with van der Waals surface area (Å²) in [5.41, 5.74) is 12.5. The first-order valence-corrected chi connectivity index (χ1v) is 4.64. The number of fused-ring (bicyclic) bond motifs is 1. The zero-order chi connectivity index (χ0) is 9.97. The van der Waals surface area contributed by atoms with Crippen molar-refractivity contribution in [1.82, 2.24) is 5.43 Å². The number of nitrogens with zero attached hydrogens (tertiary/aromatic N) is 1. The summed E-state index contributed by atoms with van der Waals surface area (Å²) < 4.78 is 0. The zero-order valence-corrected chi connectivity index (χ0v) is 7.80. The molecule has 14 heavy (non-hydrogen) atoms. The summed E-state index contributed by atoms with van der Waals surface area (Å²) >= 11 is 0. The monoisotopic (exact) mass is 188 g/mol. The van der Waals surface area contributed by atoms with Gasteiger partial charge in [0.25, 0.3) is 0 Å². The summed E-state index contributed by atoms with van der Waals surface area (Å²) in [6.07, 6.45) is 3.47. The van der Waals surface area contributed by atoms with E-state index in [-0.39, 0.29) is 5.84 Å². The summed E-state index contributed by atoms with van der Waals surface area (Å²) in [6, 6.07) is 5.99. The molecule has 3 N–H and O–H groups in total. The van der Waals surface area contributed by atoms with Crippen molar-refractivity contribution in [3.63, 3.8) is 0 Å². The molecule has 0 fully saturated rings. The largest absolute Gasteiger partial charge is 0.283 e. The van der Waals surface area contributed by atoms with Gasteiger partial charge in [0.05, 0.1) is 0 Å². The average Bonchev–Trinajstić information content (AvgIpc) is 2.64. The van der Waals surface area contributed by atoms with Gasteiger partial charge in [-0.1, -0.05) is 17.4 Å². The lowest BCUT2D eigenvalue weighted by Crippen LogP contribution is -2.16. The van der Waals surface area contributed by atoms with Gasteiger partial charge in [-0.15, -0.1) is 0 Å². The molecule has 0 saturated carbocycles. The van der Waals surface area contributed by atoms with E-state index in [1.165, 1.54) is 17.5 Å². The maximum atomic E-state index is 7.57. The van der Waals surface area contributed by atoms with Crippen LogP contribution in [0.1, 0.15) is 23.1 Å². The van der Waals surface area contributed by atoms with Gasteiger partial charge < -0.3 is 0 Å². The van der Waals surface area contributed by atoms with Crippen molar-refractivity contribution >= 4 is 5.84 Å². The number of hydrogen-bond acceptors (Lipinski definition) is 3. The van der Waals surface area contributed by atoms with Gasteiger partial charge in [-0.2, -0.15) is 5.53 Å². The van der Waals surface area contributed by atoms with Gasteiger partial charge in [-0.05, 0) is 36.5 Å². The van der Waals surface area contributed by atoms with Gasteiger partial charge in [0, 0.05) is 5.56 Å². The minimum atomic E-state index is 0.190. The van der Waals surface area contributed by atoms with Crippen molar-refractivity contribution in [2.45, 2.75) is 19.3 Å². The predicted octanol–water partition coefficient (Wildman–Crippen LogP) is 2.04. The van der Waals surface area contributed by atoms with Gasteiger partial charge in [0.1, 0.15) is 5.84 Å². The molecular formula is C10H12N4. The minimum absolute atomic E-state index is 0.190. The third-order valence-electron chi connectivity index (χ3n) is 2.55. The quantitative estimate of drug-likeness (QED) is 0.282. The normalized spacial score (nSPS) is 13.4. The van der Waals surface area contributed by atoms with E-state index >= 15 is 0 Å². The Hall–Kier alpha value is -1.71. The molecule has 0 aliphatic heterocycles. The van der Waals surface area contributed by atoms with Crippen molar-refractivity contribution in [1.29, 1.82) is 10.9 Å². The highest BCUT2D eigenvalue weighted by Gasteiger charge is 2.11. The second-order valence-electron chi connectivity index (χ2n) is 3.44. The molecule has 1 aliphatic rings. The van der Waals surface area contributed by atoms with Crippen LogP contribution in [0.15, 0.2) is 23.4 Å². The van der Waals surface area contributed by atoms with Crippen LogP contribution >= 0.6 is 0 Å². The van der Waals surface area contributed by atoms with Crippen LogP contribution in [-0.4, -0.2) is 5.84 Å². The molecule has 4 nitrogen and oxygen atoms in total. The first-order chi connectivity index (χ1) is 6.81. The lowest BCUT2D eigenvalue weighted by atomic mass is 10.1. The Bertz CT molecular complexity index is 384. The molecule has 0 unspecified atom stereocenters. The van der Waals surface area contributed by atoms with E-state index in [0.29, 0.717) is 0 Å². The third-order valence-corrected chi connectivity index (χ3v) is 2.55. The molecule has 0 radical (unpaired) electrons. The maximum Gasteiger partial charge on any atom is 0.147 e. The molecule has 0 heterocycles. The summed E-state index contributed by atoms with van der Waals surface area (Å²) in [4.78, 5) is 0. The van der Waals surface area contributed by atoms with E-state index in [1.807, 2.05) is 12.1 Å². The van der Waals surface area contributed by atoms with E-state index in [2.05, 4.69) is 16.7 Å². The van der Waals surface area contributed by atoms with Crippen LogP contribution in [0.5, 0.6) is 0 Å². The van der Waals surface area contributed by atoms with Crippen molar-refractivity contribution in [2.24, 2.45) is 5.22 Å². The van der Waals surface area contributed by atoms with Crippen molar-refractivity contribution in [3.05, 3.63) is 34.9 Å². The van der Waals surface area contributed by atoms with Crippen LogP contribution in [0.3, 0.4) is 0 Å². The molecule has 1 aromatic rings. The zero-order valence-electron chi connectivity index (χ0n) is 7.80. The van der Waals surface area contributed by atoms with E-state index in [9.17, 15) is 0 Å². The van der Waals surface area contributed by atoms with Crippen LogP contribution in [-0.2, 0) is 12.8 Å². The van der Waals surface area contributed by atoms with Crippen LogP contribution < -0.4 is 5.43 Å². The van der Waals surface area contributed by atoms with Crippen LogP contribution in [0.2, 0.25) is 0 Å². The lowest BCUT2D eigenvalue weighted by molar-refractivity contribution is 0.861. The second kappa shape index (κ2) is 3.57. The summed E-state index contributed by atoms with van der Waals surface area (Å²) in [7, 11) is 0. The Morgan fingerprint density at radius 1 is 1.29 bits per heavy atom. The Morgan fingerprint density at radius 2 is 2.07 bits per heavy atom. The van der Waals surface area contributed by atoms with Gasteiger partial charge in [-0.25, -0.2) is 5.43 Å². The highest BCUT2D eigenvalue weighted by atomic mass is 15.4. The van der Waals surface area contributed by atoms with Gasteiger partial charge in [0.2, 0.25) is 0 Å². The van der Waals surface area contributed by atoms with Crippen LogP contribution in [0, 0.1) is 10.9 Å². The molecule has 2 rings (SSSR count). The van der Waals surface area contributed by atoms with Gasteiger partial charge in [-0.3, -0.25) is 5.41 Å². The molecule has 1 aliphatic carbocycles. The molecule has 0 amide bonds. The summed E-state index contributed by atoms with van der Waals surface area (Å²) in [5, 5.41) is 10.5. The smallest absolute Gasteiger partial charge is 0.147 e. The van der Waals surface area contributed by atoms with Crippen LogP contribution in [0.25, 0.3) is 0 Å². The number of nitrogens with one attached hydrogen (secondary N) is 3. The molecular weight excluding hydrogens is 176 g/mol. The lowest BCUT2D eigenvalue weighted by Gasteiger charge is -2.04. The Kier molecular flexibility index (Phi) is 2.26. The molecule has 0 aromatic heterocycles. The highest BCUT2D eigenvalue weighted by Crippen LogP contribution is 2.22. The molecule has 0 atom stereocenters. The first-order valence-electron chi connectivity index (χ1n) is 4.64. The fourth-order valence-corrected chi connectivity index (χ4v) is 1.85. The van der Waals surface area contributed by atoms with E-state index < -0.39 is 0 Å². The highest BCUT2D eigenvalue weighted by molar-refractivity contribution is 5.96. The number of benzene rings is 1. The maximum absolute atomic E-state index is 7.57. The Labute approximate surface area is 82.3 Å². The molecule has 4 heteroatoms. The number of amidine groups is 1. The number of hydrogen-bond donors (Lipinski definition) is 3. The van der Waals surface area contributed by atoms with E-state index in [1.54, 1.807) is 0 Å². The van der Waals surface area contributed by atoms with Crippen molar-refractivity contribution < 1.29 is 0 Å². The van der Waals surface area contributed by atoms with Crippen molar-refractivity contribution in [3.8, 4) is 0 Å². The predicted molar refractivity (Wildman–Crippen MR) is 53.6 cm³/mol. The SMILES string of the molecule is N=NNC(=N)c1ccc2c(c1)CCC2. The number of rotatable bonds is 2. The first kappa shape index (κ1) is 8.87. The Balaban J connectivity index is 2.28. The standard InChI is InChI=1S/C10H12N4/c11-10(13-14-12)9-5-4-7-2-1-3-8(7)6-9/h4-6H,1-3H2,(H3,11,12,13). The molecule has 0 spiro atoms. The third kappa shape index (κ3) is 1.51. The second-order valence-corrected chi connectivity index (χ2v) is 3.44. The molecule has 72 valence electrons. The van der Waals surface area contributed by atoms with E-state index in [0.717, 1.165) is 18.4 Å². The molecule has 1 aromatic carbocycles. The topological polar surface area (TPSA) is 72.1 Å². The number of aryl methyl sites for hydroxylation is 2. The molecule has 0 bridgehead atoms. The van der Waals surface area contributed by atoms with Gasteiger partial charge in [0.15, 0.2) is 0 Å². The fourth-order valence-electron chi connectivity index (χ4n) is 1.85. The minimum Gasteiger partial charge on any atom is -0.283 e. The van der Waals surface area contributed by atoms with Crippen LogP contribution in [0.4, 0.5) is 0 Å². The van der Waals surface area contributed by atoms with Crippen molar-refractivity contribution in [2.75, 3.05) is 0 Å². The van der Waals surface area contributed by atoms with E-state index in [4.69, 9.17) is 10.9 Å². The summed E-state index contributed by atoms with van der Waals surface area (Å²) in [6.45, 7) is 0. The Morgan fingerprint density at radius 3 is 2.86 bits per heavy atom. The average molecular weight is 188 g/mol. The van der Waals surface area contributed by atoms with Gasteiger partial charge >= 0.3 is 0 Å². The summed E-state index contributed by atoms with van der Waals surface area (Å²) in [5.74, 6) is 0.190. The molecule has 0 saturated heterocycles. The fraction of sp³-hybridized carbons (Fsp3) is 0.300.